The fourth-order valence-corrected chi connectivity index (χ4v) is 4.51. The normalized spacial score (nSPS) is 11.3. The SMILES string of the molecule is CCCCCCCC[P+](=O)[O-].CCCCCCCC[P+](=O)[O-].CCCCCCCC[P+](=O)[O-].[Co+3]. The van der Waals surface area contributed by atoms with Gasteiger partial charge in [-0.3, -0.25) is 0 Å². The van der Waals surface area contributed by atoms with Crippen molar-refractivity contribution in [3.63, 3.8) is 0 Å². The Bertz CT molecular complexity index is 381. The van der Waals surface area contributed by atoms with E-state index in [1.807, 2.05) is 0 Å². The van der Waals surface area contributed by atoms with E-state index in [4.69, 9.17) is 0 Å². The minimum Gasteiger partial charge on any atom is -0.596 e. The Balaban J connectivity index is -0.000000196. The average Bonchev–Trinajstić information content (AvgIpc) is 2.76. The maximum absolute atomic E-state index is 10.1. The van der Waals surface area contributed by atoms with Gasteiger partial charge >= 0.3 is 40.9 Å². The fraction of sp³-hybridized carbons (Fsp3) is 1.00. The molecule has 0 aliphatic rings. The van der Waals surface area contributed by atoms with Crippen LogP contribution in [0.5, 0.6) is 0 Å². The van der Waals surface area contributed by atoms with E-state index in [9.17, 15) is 28.4 Å². The first-order valence-electron chi connectivity index (χ1n) is 13.2. The van der Waals surface area contributed by atoms with E-state index in [0.29, 0.717) is 18.5 Å². The van der Waals surface area contributed by atoms with E-state index in [1.165, 1.54) is 77.0 Å². The zero-order valence-corrected chi connectivity index (χ0v) is 25.7. The summed E-state index contributed by atoms with van der Waals surface area (Å²) >= 11 is 0. The molecule has 3 unspecified atom stereocenters. The molecule has 0 bridgehead atoms. The van der Waals surface area contributed by atoms with Gasteiger partial charge in [0.05, 0.1) is 0 Å². The van der Waals surface area contributed by atoms with Crippen LogP contribution < -0.4 is 14.7 Å². The molecule has 204 valence electrons. The van der Waals surface area contributed by atoms with Gasteiger partial charge in [0.2, 0.25) is 0 Å². The van der Waals surface area contributed by atoms with Crippen LogP contribution in [-0.4, -0.2) is 18.5 Å². The van der Waals surface area contributed by atoms with E-state index in [2.05, 4.69) is 20.8 Å². The first-order chi connectivity index (χ1) is 15.8. The molecule has 10 heteroatoms. The maximum atomic E-state index is 10.1. The summed E-state index contributed by atoms with van der Waals surface area (Å²) in [5, 5.41) is 0. The van der Waals surface area contributed by atoms with Gasteiger partial charge in [-0.2, -0.15) is 0 Å². The van der Waals surface area contributed by atoms with Crippen molar-refractivity contribution in [3.8, 4) is 0 Å². The van der Waals surface area contributed by atoms with Gasteiger partial charge < -0.3 is 14.7 Å². The van der Waals surface area contributed by atoms with Crippen LogP contribution >= 0.6 is 24.1 Å². The Hall–Kier alpha value is 0.686. The average molecular weight is 588 g/mol. The first kappa shape index (κ1) is 41.8. The molecule has 6 nitrogen and oxygen atoms in total. The van der Waals surface area contributed by atoms with Gasteiger partial charge in [-0.1, -0.05) is 112 Å². The third kappa shape index (κ3) is 53.9. The van der Waals surface area contributed by atoms with Crippen molar-refractivity contribution in [2.75, 3.05) is 18.5 Å². The molecule has 0 spiro atoms. The van der Waals surface area contributed by atoms with Crippen LogP contribution in [0.15, 0.2) is 0 Å². The number of rotatable bonds is 21. The largest absolute Gasteiger partial charge is 3.00 e. The second-order valence-corrected chi connectivity index (χ2v) is 11.8. The number of unbranched alkanes of at least 4 members (excludes halogenated alkanes) is 15. The molecule has 0 amide bonds. The summed E-state index contributed by atoms with van der Waals surface area (Å²) in [5.41, 5.74) is 0. The summed E-state index contributed by atoms with van der Waals surface area (Å²) in [7, 11) is -6.37. The van der Waals surface area contributed by atoms with E-state index in [1.54, 1.807) is 0 Å². The van der Waals surface area contributed by atoms with Crippen LogP contribution in [0.3, 0.4) is 0 Å². The van der Waals surface area contributed by atoms with E-state index < -0.39 is 24.1 Å². The van der Waals surface area contributed by atoms with Gasteiger partial charge in [0, 0.05) is 0 Å². The molecular formula is C24H51CoO6P3+3. The van der Waals surface area contributed by atoms with Gasteiger partial charge in [-0.25, -0.2) is 0 Å². The molecule has 34 heavy (non-hydrogen) atoms. The standard InChI is InChI=1S/3C8H17O2P.Co/c3*1-2-3-4-5-6-7-8-11(9)10;/h3*2-8H2,1H3;/q;;;+3. The van der Waals surface area contributed by atoms with E-state index >= 15 is 0 Å². The molecule has 0 N–H and O–H groups in total. The molecule has 0 aromatic carbocycles. The van der Waals surface area contributed by atoms with Crippen molar-refractivity contribution in [2.45, 2.75) is 136 Å². The monoisotopic (exact) mass is 587 g/mol. The smallest absolute Gasteiger partial charge is 0.596 e. The fourth-order valence-electron chi connectivity index (χ4n) is 3.06. The Morgan fingerprint density at radius 1 is 0.382 bits per heavy atom. The Labute approximate surface area is 223 Å². The summed E-state index contributed by atoms with van der Waals surface area (Å²) in [4.78, 5) is 30.4. The molecule has 0 radical (unpaired) electrons. The Morgan fingerprint density at radius 2 is 0.559 bits per heavy atom. The molecule has 0 aromatic rings. The zero-order chi connectivity index (χ0) is 25.6. The van der Waals surface area contributed by atoms with Crippen molar-refractivity contribution in [1.29, 1.82) is 0 Å². The quantitative estimate of drug-likeness (QED) is 0.102. The summed E-state index contributed by atoms with van der Waals surface area (Å²) < 4.78 is 30.4. The summed E-state index contributed by atoms with van der Waals surface area (Å²) in [6, 6.07) is 0. The predicted octanol–water partition coefficient (Wildman–Crippen LogP) is 7.35. The van der Waals surface area contributed by atoms with Crippen LogP contribution in [0.2, 0.25) is 0 Å². The maximum Gasteiger partial charge on any atom is 3.00 e. The molecule has 3 atom stereocenters. The topological polar surface area (TPSA) is 120 Å². The van der Waals surface area contributed by atoms with Crippen LogP contribution in [-0.2, 0) is 30.5 Å². The van der Waals surface area contributed by atoms with Gasteiger partial charge in [0.1, 0.15) is 18.5 Å². The Morgan fingerprint density at radius 3 is 0.735 bits per heavy atom. The minimum atomic E-state index is -2.12. The van der Waals surface area contributed by atoms with Crippen LogP contribution in [0.4, 0.5) is 0 Å². The second kappa shape index (κ2) is 38.2. The summed E-state index contributed by atoms with van der Waals surface area (Å²) in [6.07, 6.45) is 21.8. The summed E-state index contributed by atoms with van der Waals surface area (Å²) in [6.45, 7) is 6.53. The second-order valence-electron chi connectivity index (χ2n) is 8.47. The molecule has 0 aromatic heterocycles. The van der Waals surface area contributed by atoms with Crippen molar-refractivity contribution >= 4 is 24.1 Å². The van der Waals surface area contributed by atoms with Gasteiger partial charge in [-0.05, 0) is 38.5 Å². The van der Waals surface area contributed by atoms with Crippen LogP contribution in [0, 0.1) is 0 Å². The van der Waals surface area contributed by atoms with Gasteiger partial charge in [-0.15, -0.1) is 0 Å². The van der Waals surface area contributed by atoms with Crippen molar-refractivity contribution in [3.05, 3.63) is 0 Å². The van der Waals surface area contributed by atoms with Crippen LogP contribution in [0.1, 0.15) is 136 Å². The molecule has 0 aliphatic carbocycles. The Kier molecular flexibility index (Phi) is 47.0. The van der Waals surface area contributed by atoms with Gasteiger partial charge in [0.25, 0.3) is 0 Å². The molecule has 0 rings (SSSR count). The molecule has 0 saturated heterocycles. The molecule has 0 heterocycles. The molecule has 0 fully saturated rings. The van der Waals surface area contributed by atoms with Gasteiger partial charge in [0.15, 0.2) is 0 Å². The first-order valence-corrected chi connectivity index (χ1v) is 17.3. The van der Waals surface area contributed by atoms with Crippen molar-refractivity contribution in [2.24, 2.45) is 0 Å². The zero-order valence-electron chi connectivity index (χ0n) is 22.0. The third-order valence-electron chi connectivity index (χ3n) is 5.08. The third-order valence-corrected chi connectivity index (χ3v) is 7.13. The minimum absolute atomic E-state index is 0. The van der Waals surface area contributed by atoms with E-state index in [0.717, 1.165) is 38.5 Å². The van der Waals surface area contributed by atoms with E-state index in [-0.39, 0.29) is 16.8 Å². The van der Waals surface area contributed by atoms with Crippen molar-refractivity contribution in [1.82, 2.24) is 0 Å². The number of hydrogen-bond donors (Lipinski definition) is 0. The molecular weight excluding hydrogens is 536 g/mol. The molecule has 0 saturated carbocycles. The predicted molar refractivity (Wildman–Crippen MR) is 138 cm³/mol. The summed E-state index contributed by atoms with van der Waals surface area (Å²) in [5.74, 6) is 0. The molecule has 0 aliphatic heterocycles. The number of hydrogen-bond acceptors (Lipinski definition) is 6. The van der Waals surface area contributed by atoms with Crippen LogP contribution in [0.25, 0.3) is 0 Å². The van der Waals surface area contributed by atoms with Crippen molar-refractivity contribution < 1.29 is 45.2 Å².